The molecule has 1 aromatic heterocycles. The van der Waals surface area contributed by atoms with Crippen LogP contribution in [-0.2, 0) is 9.59 Å². The van der Waals surface area contributed by atoms with Crippen LogP contribution >= 0.6 is 0 Å². The van der Waals surface area contributed by atoms with Crippen LogP contribution in [0.5, 0.6) is 5.75 Å². The standard InChI is InChI=1S/C25H30N4O2.C2HF3O2/c30-25(17-31-24-7-3-5-18-4-1-2-6-21(18)24)29-14-10-20(11-15-29)23-16-22(27-28-23)19-8-12-26-13-9-19;3-2(4,5)1(6)7/h1-7,16,19-20,26H,8-15,17H2,(H,27,28);(H,6,7). The molecule has 3 N–H and O–H groups in total. The van der Waals surface area contributed by atoms with Gasteiger partial charge in [-0.1, -0.05) is 36.4 Å². The zero-order chi connectivity index (χ0) is 27.1. The summed E-state index contributed by atoms with van der Waals surface area (Å²) in [5.41, 5.74) is 2.44. The van der Waals surface area contributed by atoms with Gasteiger partial charge >= 0.3 is 12.1 Å². The molecule has 11 heteroatoms. The third-order valence-corrected chi connectivity index (χ3v) is 7.01. The van der Waals surface area contributed by atoms with Crippen LogP contribution in [-0.4, -0.2) is 71.0 Å². The number of H-pyrrole nitrogens is 1. The number of alkyl halides is 3. The molecule has 3 heterocycles. The van der Waals surface area contributed by atoms with Crippen LogP contribution in [0, 0.1) is 0 Å². The molecule has 2 saturated heterocycles. The lowest BCUT2D eigenvalue weighted by molar-refractivity contribution is -0.192. The normalized spacial score (nSPS) is 17.1. The Morgan fingerprint density at radius 3 is 2.34 bits per heavy atom. The third kappa shape index (κ3) is 7.03. The van der Waals surface area contributed by atoms with E-state index in [0.717, 1.165) is 68.4 Å². The average Bonchev–Trinajstić information content (AvgIpc) is 3.43. The number of nitrogens with zero attached hydrogens (tertiary/aromatic N) is 2. The smallest absolute Gasteiger partial charge is 0.483 e. The highest BCUT2D eigenvalue weighted by Gasteiger charge is 2.38. The quantitative estimate of drug-likeness (QED) is 0.448. The minimum atomic E-state index is -5.08. The monoisotopic (exact) mass is 532 g/mol. The van der Waals surface area contributed by atoms with Crippen molar-refractivity contribution < 1.29 is 32.6 Å². The number of amides is 1. The number of carbonyl (C=O) groups excluding carboxylic acids is 1. The second-order valence-electron chi connectivity index (χ2n) is 9.50. The van der Waals surface area contributed by atoms with Crippen LogP contribution in [0.25, 0.3) is 10.8 Å². The molecule has 3 aromatic rings. The molecule has 2 aromatic carbocycles. The lowest BCUT2D eigenvalue weighted by Crippen LogP contribution is -2.40. The Bertz CT molecular complexity index is 1230. The first-order valence-electron chi connectivity index (χ1n) is 12.7. The van der Waals surface area contributed by atoms with Crippen LogP contribution < -0.4 is 10.1 Å². The summed E-state index contributed by atoms with van der Waals surface area (Å²) in [6.45, 7) is 3.78. The Hall–Kier alpha value is -3.60. The van der Waals surface area contributed by atoms with Gasteiger partial charge in [0.25, 0.3) is 5.91 Å². The Kier molecular flexibility index (Phi) is 8.88. The Labute approximate surface area is 218 Å². The molecular weight excluding hydrogens is 501 g/mol. The molecule has 8 nitrogen and oxygen atoms in total. The molecule has 0 bridgehead atoms. The molecule has 2 fully saturated rings. The lowest BCUT2D eigenvalue weighted by Gasteiger charge is -2.31. The van der Waals surface area contributed by atoms with Gasteiger partial charge in [-0.3, -0.25) is 9.89 Å². The molecule has 204 valence electrons. The zero-order valence-electron chi connectivity index (χ0n) is 20.8. The van der Waals surface area contributed by atoms with Crippen molar-refractivity contribution in [3.8, 4) is 5.75 Å². The van der Waals surface area contributed by atoms with Crippen LogP contribution in [0.15, 0.2) is 48.5 Å². The molecule has 0 spiro atoms. The largest absolute Gasteiger partial charge is 0.490 e. The van der Waals surface area contributed by atoms with Gasteiger partial charge in [0.2, 0.25) is 0 Å². The number of piperidine rings is 2. The summed E-state index contributed by atoms with van der Waals surface area (Å²) in [4.78, 5) is 23.6. The van der Waals surface area contributed by atoms with Crippen molar-refractivity contribution >= 4 is 22.6 Å². The van der Waals surface area contributed by atoms with Crippen molar-refractivity contribution in [2.45, 2.75) is 43.7 Å². The maximum absolute atomic E-state index is 12.7. The van der Waals surface area contributed by atoms with Crippen molar-refractivity contribution in [1.29, 1.82) is 0 Å². The first-order valence-corrected chi connectivity index (χ1v) is 12.7. The molecule has 5 rings (SSSR count). The molecule has 0 radical (unpaired) electrons. The van der Waals surface area contributed by atoms with E-state index >= 15 is 0 Å². The third-order valence-electron chi connectivity index (χ3n) is 7.01. The second kappa shape index (κ2) is 12.3. The Balaban J connectivity index is 0.000000426. The van der Waals surface area contributed by atoms with E-state index in [1.807, 2.05) is 35.2 Å². The van der Waals surface area contributed by atoms with E-state index < -0.39 is 12.1 Å². The predicted octanol–water partition coefficient (Wildman–Crippen LogP) is 4.45. The van der Waals surface area contributed by atoms with Crippen LogP contribution in [0.4, 0.5) is 13.2 Å². The summed E-state index contributed by atoms with van der Waals surface area (Å²) >= 11 is 0. The molecule has 1 amide bonds. The highest BCUT2D eigenvalue weighted by atomic mass is 19.4. The minimum Gasteiger partial charge on any atom is -0.483 e. The lowest BCUT2D eigenvalue weighted by atomic mass is 9.90. The number of hydrogen-bond donors (Lipinski definition) is 3. The number of carboxylic acid groups (broad SMARTS) is 1. The summed E-state index contributed by atoms with van der Waals surface area (Å²) < 4.78 is 37.6. The van der Waals surface area contributed by atoms with Crippen molar-refractivity contribution in [3.63, 3.8) is 0 Å². The number of ether oxygens (including phenoxy) is 1. The minimum absolute atomic E-state index is 0.0615. The molecule has 2 aliphatic rings. The number of halogens is 3. The van der Waals surface area contributed by atoms with Crippen LogP contribution in [0.1, 0.15) is 48.9 Å². The first-order chi connectivity index (χ1) is 18.2. The van der Waals surface area contributed by atoms with Crippen molar-refractivity contribution in [2.24, 2.45) is 0 Å². The van der Waals surface area contributed by atoms with E-state index in [1.54, 1.807) is 0 Å². The summed E-state index contributed by atoms with van der Waals surface area (Å²) in [5, 5.41) is 20.6. The van der Waals surface area contributed by atoms with Gasteiger partial charge in [-0.05, 0) is 56.3 Å². The Morgan fingerprint density at radius 2 is 1.66 bits per heavy atom. The van der Waals surface area contributed by atoms with Crippen molar-refractivity contribution in [2.75, 3.05) is 32.8 Å². The molecule has 0 saturated carbocycles. The second-order valence-corrected chi connectivity index (χ2v) is 9.50. The Morgan fingerprint density at radius 1 is 1.00 bits per heavy atom. The van der Waals surface area contributed by atoms with Gasteiger partial charge in [-0.25, -0.2) is 4.79 Å². The maximum atomic E-state index is 12.7. The van der Waals surface area contributed by atoms with E-state index in [1.165, 1.54) is 11.4 Å². The highest BCUT2D eigenvalue weighted by molar-refractivity contribution is 5.88. The fraction of sp³-hybridized carbons (Fsp3) is 0.444. The number of likely N-dealkylation sites (tertiary alicyclic amines) is 1. The number of aliphatic carboxylic acids is 1. The summed E-state index contributed by atoms with van der Waals surface area (Å²) in [5.74, 6) is -0.909. The maximum Gasteiger partial charge on any atom is 0.490 e. The predicted molar refractivity (Wildman–Crippen MR) is 135 cm³/mol. The number of carbonyl (C=O) groups is 2. The van der Waals surface area contributed by atoms with E-state index in [0.29, 0.717) is 11.8 Å². The van der Waals surface area contributed by atoms with E-state index in [4.69, 9.17) is 14.6 Å². The van der Waals surface area contributed by atoms with Crippen LogP contribution in [0.3, 0.4) is 0 Å². The number of hydrogen-bond acceptors (Lipinski definition) is 5. The fourth-order valence-corrected chi connectivity index (χ4v) is 4.88. The van der Waals surface area contributed by atoms with E-state index in [9.17, 15) is 18.0 Å². The molecule has 2 aliphatic heterocycles. The van der Waals surface area contributed by atoms with Crippen LogP contribution in [0.2, 0.25) is 0 Å². The number of nitrogens with one attached hydrogen (secondary N) is 2. The van der Waals surface area contributed by atoms with Gasteiger partial charge < -0.3 is 20.1 Å². The molecule has 0 aliphatic carbocycles. The molecule has 38 heavy (non-hydrogen) atoms. The summed E-state index contributed by atoms with van der Waals surface area (Å²) in [6.07, 6.45) is -0.830. The number of aromatic nitrogens is 2. The van der Waals surface area contributed by atoms with Gasteiger partial charge in [0.05, 0.1) is 5.69 Å². The summed E-state index contributed by atoms with van der Waals surface area (Å²) in [6, 6.07) is 16.3. The number of fused-ring (bicyclic) bond motifs is 1. The number of aromatic amines is 1. The van der Waals surface area contributed by atoms with E-state index in [-0.39, 0.29) is 12.5 Å². The van der Waals surface area contributed by atoms with Gasteiger partial charge in [0.15, 0.2) is 6.61 Å². The number of carboxylic acids is 1. The van der Waals surface area contributed by atoms with Gasteiger partial charge in [-0.2, -0.15) is 18.3 Å². The van der Waals surface area contributed by atoms with Gasteiger partial charge in [0, 0.05) is 36.0 Å². The fourth-order valence-electron chi connectivity index (χ4n) is 4.88. The molecular formula is C27H31F3N4O4. The highest BCUT2D eigenvalue weighted by Crippen LogP contribution is 2.31. The number of benzene rings is 2. The van der Waals surface area contributed by atoms with Crippen molar-refractivity contribution in [3.05, 3.63) is 59.9 Å². The average molecular weight is 533 g/mol. The van der Waals surface area contributed by atoms with Crippen molar-refractivity contribution in [1.82, 2.24) is 20.4 Å². The van der Waals surface area contributed by atoms with Gasteiger partial charge in [0.1, 0.15) is 5.75 Å². The molecule has 0 atom stereocenters. The summed E-state index contributed by atoms with van der Waals surface area (Å²) in [7, 11) is 0. The van der Waals surface area contributed by atoms with E-state index in [2.05, 4.69) is 33.7 Å². The SMILES string of the molecule is O=C(COc1cccc2ccccc12)N1CCC(c2cc(C3CCNCC3)n[nH]2)CC1.O=C(O)C(F)(F)F. The van der Waals surface area contributed by atoms with Gasteiger partial charge in [-0.15, -0.1) is 0 Å². The topological polar surface area (TPSA) is 108 Å². The molecule has 0 unspecified atom stereocenters. The zero-order valence-corrected chi connectivity index (χ0v) is 20.8. The first kappa shape index (κ1) is 27.4. The number of rotatable bonds is 5.